The molecule has 0 spiro atoms. The Kier molecular flexibility index (Phi) is 4.05. The molecule has 0 aliphatic rings. The molecule has 0 fully saturated rings. The van der Waals surface area contributed by atoms with Crippen molar-refractivity contribution < 1.29 is 9.53 Å². The molecular formula is C20H16N2O3S. The number of aromatic amines is 1. The second-order valence-electron chi connectivity index (χ2n) is 6.10. The van der Waals surface area contributed by atoms with Gasteiger partial charge in [0.05, 0.1) is 5.39 Å². The largest absolute Gasteiger partial charge is 0.457 e. The third-order valence-electron chi connectivity index (χ3n) is 4.34. The quantitative estimate of drug-likeness (QED) is 0.555. The van der Waals surface area contributed by atoms with Crippen LogP contribution in [0.2, 0.25) is 0 Å². The van der Waals surface area contributed by atoms with Crippen molar-refractivity contribution in [1.29, 1.82) is 0 Å². The number of H-pyrrole nitrogens is 1. The number of aromatic nitrogens is 2. The number of ether oxygens (including phenoxy) is 1. The summed E-state index contributed by atoms with van der Waals surface area (Å²) in [4.78, 5) is 32.7. The van der Waals surface area contributed by atoms with Crippen molar-refractivity contribution in [3.63, 3.8) is 0 Å². The Labute approximate surface area is 153 Å². The molecule has 4 aromatic rings. The molecule has 130 valence electrons. The Bertz CT molecular complexity index is 1200. The van der Waals surface area contributed by atoms with Crippen LogP contribution >= 0.6 is 11.3 Å². The van der Waals surface area contributed by atoms with Crippen molar-refractivity contribution in [2.45, 2.75) is 20.5 Å². The van der Waals surface area contributed by atoms with Crippen LogP contribution in [0.4, 0.5) is 0 Å². The molecule has 4 rings (SSSR count). The fourth-order valence-electron chi connectivity index (χ4n) is 3.07. The van der Waals surface area contributed by atoms with Crippen LogP contribution < -0.4 is 5.56 Å². The number of fused-ring (bicyclic) bond motifs is 2. The van der Waals surface area contributed by atoms with Crippen molar-refractivity contribution >= 4 is 38.3 Å². The molecule has 0 aliphatic heterocycles. The fraction of sp³-hybridized carbons (Fsp3) is 0.150. The number of hydrogen-bond acceptors (Lipinski definition) is 5. The lowest BCUT2D eigenvalue weighted by Crippen LogP contribution is -2.10. The van der Waals surface area contributed by atoms with E-state index < -0.39 is 5.97 Å². The molecule has 0 aliphatic carbocycles. The summed E-state index contributed by atoms with van der Waals surface area (Å²) in [5.41, 5.74) is 1.33. The molecule has 26 heavy (non-hydrogen) atoms. The van der Waals surface area contributed by atoms with Gasteiger partial charge >= 0.3 is 5.97 Å². The number of carbonyl (C=O) groups is 1. The third kappa shape index (κ3) is 2.78. The van der Waals surface area contributed by atoms with Gasteiger partial charge in [0.1, 0.15) is 22.1 Å². The molecule has 2 aromatic carbocycles. The highest BCUT2D eigenvalue weighted by molar-refractivity contribution is 7.20. The standard InChI is InChI=1S/C20H16N2O3S/c1-11-16-18(23)21-12(2)22-19(16)26-17(11)20(24)25-10-14-8-5-7-13-6-3-4-9-15(13)14/h3-9H,10H2,1-2H3,(H,21,22,23). The van der Waals surface area contributed by atoms with E-state index >= 15 is 0 Å². The number of esters is 1. The maximum atomic E-state index is 12.6. The third-order valence-corrected chi connectivity index (χ3v) is 5.51. The number of aryl methyl sites for hydroxylation is 2. The van der Waals surface area contributed by atoms with E-state index in [9.17, 15) is 9.59 Å². The number of benzene rings is 2. The monoisotopic (exact) mass is 364 g/mol. The molecule has 0 saturated heterocycles. The van der Waals surface area contributed by atoms with Crippen LogP contribution in [0.15, 0.2) is 47.3 Å². The van der Waals surface area contributed by atoms with E-state index in [1.165, 1.54) is 11.3 Å². The lowest BCUT2D eigenvalue weighted by Gasteiger charge is -2.07. The molecule has 6 heteroatoms. The summed E-state index contributed by atoms with van der Waals surface area (Å²) in [5, 5.41) is 2.62. The van der Waals surface area contributed by atoms with Gasteiger partial charge in [0.2, 0.25) is 0 Å². The van der Waals surface area contributed by atoms with E-state index in [4.69, 9.17) is 4.74 Å². The summed E-state index contributed by atoms with van der Waals surface area (Å²) in [6, 6.07) is 13.9. The summed E-state index contributed by atoms with van der Waals surface area (Å²) >= 11 is 1.19. The van der Waals surface area contributed by atoms with Gasteiger partial charge in [0, 0.05) is 0 Å². The van der Waals surface area contributed by atoms with Gasteiger partial charge in [0.25, 0.3) is 5.56 Å². The number of rotatable bonds is 3. The van der Waals surface area contributed by atoms with Crippen LogP contribution in [0.3, 0.4) is 0 Å². The van der Waals surface area contributed by atoms with E-state index in [-0.39, 0.29) is 12.2 Å². The highest BCUT2D eigenvalue weighted by Gasteiger charge is 2.20. The van der Waals surface area contributed by atoms with Crippen LogP contribution in [0.5, 0.6) is 0 Å². The molecule has 2 aromatic heterocycles. The van der Waals surface area contributed by atoms with E-state index in [0.717, 1.165) is 16.3 Å². The van der Waals surface area contributed by atoms with E-state index in [1.807, 2.05) is 42.5 Å². The van der Waals surface area contributed by atoms with Crippen molar-refractivity contribution in [2.24, 2.45) is 0 Å². The van der Waals surface area contributed by atoms with Crippen molar-refractivity contribution in [3.05, 3.63) is 74.6 Å². The zero-order chi connectivity index (χ0) is 18.3. The second-order valence-corrected chi connectivity index (χ2v) is 7.10. The minimum absolute atomic E-state index is 0.177. The minimum atomic E-state index is -0.435. The topological polar surface area (TPSA) is 72.0 Å². The van der Waals surface area contributed by atoms with Gasteiger partial charge in [-0.2, -0.15) is 0 Å². The molecular weight excluding hydrogens is 348 g/mol. The molecule has 0 saturated carbocycles. The first-order valence-corrected chi connectivity index (χ1v) is 9.00. The number of nitrogens with zero attached hydrogens (tertiary/aromatic N) is 1. The van der Waals surface area contributed by atoms with Gasteiger partial charge in [0.15, 0.2) is 0 Å². The molecule has 0 bridgehead atoms. The van der Waals surface area contributed by atoms with Crippen LogP contribution in [0.25, 0.3) is 21.0 Å². The summed E-state index contributed by atoms with van der Waals surface area (Å²) in [7, 11) is 0. The maximum absolute atomic E-state index is 12.6. The predicted octanol–water partition coefficient (Wildman–Crippen LogP) is 4.11. The number of carbonyl (C=O) groups excluding carboxylic acids is 1. The molecule has 0 atom stereocenters. The fourth-order valence-corrected chi connectivity index (χ4v) is 4.19. The Morgan fingerprint density at radius 1 is 1.15 bits per heavy atom. The highest BCUT2D eigenvalue weighted by atomic mass is 32.1. The van der Waals surface area contributed by atoms with Gasteiger partial charge in [-0.3, -0.25) is 4.79 Å². The van der Waals surface area contributed by atoms with Crippen molar-refractivity contribution in [2.75, 3.05) is 0 Å². The summed E-state index contributed by atoms with van der Waals surface area (Å²) in [6.45, 7) is 3.64. The molecule has 1 N–H and O–H groups in total. The van der Waals surface area contributed by atoms with Crippen molar-refractivity contribution in [3.8, 4) is 0 Å². The zero-order valence-electron chi connectivity index (χ0n) is 14.3. The minimum Gasteiger partial charge on any atom is -0.457 e. The number of thiophene rings is 1. The van der Waals surface area contributed by atoms with Crippen LogP contribution in [0, 0.1) is 13.8 Å². The van der Waals surface area contributed by atoms with Gasteiger partial charge in [-0.15, -0.1) is 11.3 Å². The normalized spacial score (nSPS) is 11.2. The Balaban J connectivity index is 1.65. The average Bonchev–Trinajstić information content (AvgIpc) is 2.96. The van der Waals surface area contributed by atoms with Gasteiger partial charge in [-0.05, 0) is 35.7 Å². The molecule has 0 radical (unpaired) electrons. The first-order valence-electron chi connectivity index (χ1n) is 8.18. The summed E-state index contributed by atoms with van der Waals surface area (Å²) in [6.07, 6.45) is 0. The lowest BCUT2D eigenvalue weighted by molar-refractivity contribution is 0.0479. The lowest BCUT2D eigenvalue weighted by atomic mass is 10.1. The Morgan fingerprint density at radius 3 is 2.77 bits per heavy atom. The van der Waals surface area contributed by atoms with Crippen LogP contribution in [-0.2, 0) is 11.3 Å². The Morgan fingerprint density at radius 2 is 1.92 bits per heavy atom. The highest BCUT2D eigenvalue weighted by Crippen LogP contribution is 2.28. The predicted molar refractivity (Wildman–Crippen MR) is 103 cm³/mol. The molecule has 2 heterocycles. The van der Waals surface area contributed by atoms with Gasteiger partial charge in [-0.1, -0.05) is 42.5 Å². The van der Waals surface area contributed by atoms with Gasteiger partial charge < -0.3 is 9.72 Å². The first kappa shape index (κ1) is 16.5. The summed E-state index contributed by atoms with van der Waals surface area (Å²) in [5.74, 6) is 0.0925. The smallest absolute Gasteiger partial charge is 0.349 e. The number of hydrogen-bond donors (Lipinski definition) is 1. The molecule has 0 amide bonds. The number of nitrogens with one attached hydrogen (secondary N) is 1. The van der Waals surface area contributed by atoms with E-state index in [0.29, 0.717) is 26.5 Å². The van der Waals surface area contributed by atoms with E-state index in [1.54, 1.807) is 13.8 Å². The molecule has 0 unspecified atom stereocenters. The average molecular weight is 364 g/mol. The van der Waals surface area contributed by atoms with Gasteiger partial charge in [-0.25, -0.2) is 9.78 Å². The SMILES string of the molecule is Cc1nc2sc(C(=O)OCc3cccc4ccccc34)c(C)c2c(=O)[nH]1. The van der Waals surface area contributed by atoms with E-state index in [2.05, 4.69) is 9.97 Å². The maximum Gasteiger partial charge on any atom is 0.349 e. The van der Waals surface area contributed by atoms with Crippen molar-refractivity contribution in [1.82, 2.24) is 9.97 Å². The van der Waals surface area contributed by atoms with Crippen LogP contribution in [0.1, 0.15) is 26.6 Å². The molecule has 5 nitrogen and oxygen atoms in total. The second kappa shape index (κ2) is 6.38. The first-order chi connectivity index (χ1) is 12.5. The van der Waals surface area contributed by atoms with Crippen LogP contribution in [-0.4, -0.2) is 15.9 Å². The summed E-state index contributed by atoms with van der Waals surface area (Å²) < 4.78 is 5.53. The Hall–Kier alpha value is -2.99. The zero-order valence-corrected chi connectivity index (χ0v) is 15.1.